The molecule has 0 saturated heterocycles. The van der Waals surface area contributed by atoms with Gasteiger partial charge in [-0.25, -0.2) is 0 Å². The lowest BCUT2D eigenvalue weighted by atomic mass is 9.83. The zero-order chi connectivity index (χ0) is 25.0. The Hall–Kier alpha value is -3.36. The van der Waals surface area contributed by atoms with E-state index in [1.165, 1.54) is 32.2 Å². The molecule has 4 rings (SSSR count). The maximum absolute atomic E-state index is 14.2. The molecule has 178 valence electrons. The predicted octanol–water partition coefficient (Wildman–Crippen LogP) is 7.05. The average Bonchev–Trinajstić information content (AvgIpc) is 3.04. The second-order valence-corrected chi connectivity index (χ2v) is 8.28. The number of nitrogens with one attached hydrogen (secondary N) is 1. The van der Waals surface area contributed by atoms with Crippen molar-refractivity contribution in [1.29, 1.82) is 5.41 Å². The highest BCUT2D eigenvalue weighted by atomic mass is 19.4. The van der Waals surface area contributed by atoms with Gasteiger partial charge < -0.3 is 10.1 Å². The van der Waals surface area contributed by atoms with Gasteiger partial charge in [-0.3, -0.25) is 4.79 Å². The second kappa shape index (κ2) is 8.14. The molecule has 3 aromatic rings. The number of rotatable bonds is 3. The molecule has 0 bridgehead atoms. The van der Waals surface area contributed by atoms with Crippen LogP contribution in [0.2, 0.25) is 0 Å². The van der Waals surface area contributed by atoms with Crippen LogP contribution in [-0.4, -0.2) is 18.6 Å². The summed E-state index contributed by atoms with van der Waals surface area (Å²) < 4.78 is 87.6. The van der Waals surface area contributed by atoms with E-state index in [1.54, 1.807) is 12.1 Å². The normalized spacial score (nSPS) is 19.2. The van der Waals surface area contributed by atoms with Crippen molar-refractivity contribution in [2.24, 2.45) is 0 Å². The van der Waals surface area contributed by atoms with E-state index in [9.17, 15) is 31.1 Å². The van der Waals surface area contributed by atoms with Gasteiger partial charge in [0.2, 0.25) is 0 Å². The van der Waals surface area contributed by atoms with E-state index >= 15 is 0 Å². The van der Waals surface area contributed by atoms with E-state index in [2.05, 4.69) is 0 Å². The molecular formula is C25H19F6NO2. The molecule has 0 spiro atoms. The highest BCUT2D eigenvalue weighted by molar-refractivity contribution is 6.19. The number of hydrogen-bond acceptors (Lipinski definition) is 3. The van der Waals surface area contributed by atoms with Crippen molar-refractivity contribution in [3.8, 4) is 5.75 Å². The molecule has 1 fully saturated rings. The predicted molar refractivity (Wildman–Crippen MR) is 115 cm³/mol. The standard InChI is InChI=1S/C25H19F6NO2/c1-12-9-13-6-4-8-18(34-2)20(13)21(22(12)25(29,30)31)16-11-17(32)19(23(16)33)14-5-3-7-15(10-14)24(26,27)28/h3-10,16,19,32H,11H2,1-2H3. The van der Waals surface area contributed by atoms with Crippen LogP contribution in [0.1, 0.15) is 46.1 Å². The summed E-state index contributed by atoms with van der Waals surface area (Å²) in [5, 5.41) is 8.89. The first-order valence-corrected chi connectivity index (χ1v) is 10.3. The second-order valence-electron chi connectivity index (χ2n) is 8.28. The zero-order valence-electron chi connectivity index (χ0n) is 18.1. The summed E-state index contributed by atoms with van der Waals surface area (Å²) in [6.45, 7) is 1.29. The first-order valence-electron chi connectivity index (χ1n) is 10.3. The van der Waals surface area contributed by atoms with Crippen LogP contribution in [0, 0.1) is 12.3 Å². The fraction of sp³-hybridized carbons (Fsp3) is 0.280. The number of hydrogen-bond donors (Lipinski definition) is 1. The lowest BCUT2D eigenvalue weighted by molar-refractivity contribution is -0.139. The fourth-order valence-electron chi connectivity index (χ4n) is 4.81. The van der Waals surface area contributed by atoms with Crippen molar-refractivity contribution >= 4 is 22.3 Å². The van der Waals surface area contributed by atoms with Gasteiger partial charge >= 0.3 is 12.4 Å². The van der Waals surface area contributed by atoms with Crippen molar-refractivity contribution in [1.82, 2.24) is 0 Å². The van der Waals surface area contributed by atoms with Crippen LogP contribution in [0.4, 0.5) is 26.3 Å². The number of carbonyl (C=O) groups is 1. The van der Waals surface area contributed by atoms with E-state index < -0.39 is 41.1 Å². The maximum Gasteiger partial charge on any atom is 0.416 e. The van der Waals surface area contributed by atoms with Gasteiger partial charge in [0.05, 0.1) is 30.1 Å². The molecular weight excluding hydrogens is 460 g/mol. The van der Waals surface area contributed by atoms with Crippen molar-refractivity contribution in [2.75, 3.05) is 7.11 Å². The molecule has 0 aliphatic heterocycles. The number of Topliss-reactive ketones (excluding diaryl/α,β-unsaturated/α-hetero) is 1. The number of methoxy groups -OCH3 is 1. The van der Waals surface area contributed by atoms with Gasteiger partial charge in [-0.05, 0) is 47.6 Å². The largest absolute Gasteiger partial charge is 0.496 e. The monoisotopic (exact) mass is 479 g/mol. The minimum absolute atomic E-state index is 0.0650. The first kappa shape index (κ1) is 23.8. The first-order chi connectivity index (χ1) is 15.8. The molecule has 1 aliphatic carbocycles. The van der Waals surface area contributed by atoms with Crippen molar-refractivity contribution < 1.29 is 35.9 Å². The quantitative estimate of drug-likeness (QED) is 0.409. The summed E-state index contributed by atoms with van der Waals surface area (Å²) in [5.41, 5.74) is -2.67. The molecule has 3 nitrogen and oxygen atoms in total. The Kier molecular flexibility index (Phi) is 5.70. The van der Waals surface area contributed by atoms with Gasteiger partial charge in [-0.15, -0.1) is 0 Å². The Morgan fingerprint density at radius 1 is 0.971 bits per heavy atom. The third-order valence-corrected chi connectivity index (χ3v) is 6.16. The summed E-state index contributed by atoms with van der Waals surface area (Å²) in [5.74, 6) is -3.33. The molecule has 2 unspecified atom stereocenters. The highest BCUT2D eigenvalue weighted by Crippen LogP contribution is 2.49. The third-order valence-electron chi connectivity index (χ3n) is 6.16. The van der Waals surface area contributed by atoms with Gasteiger partial charge in [0.25, 0.3) is 0 Å². The van der Waals surface area contributed by atoms with Gasteiger partial charge in [-0.2, -0.15) is 26.3 Å². The number of aryl methyl sites for hydroxylation is 1. The Morgan fingerprint density at radius 3 is 2.26 bits per heavy atom. The number of ketones is 1. The molecule has 0 radical (unpaired) electrons. The molecule has 1 saturated carbocycles. The number of alkyl halides is 6. The lowest BCUT2D eigenvalue weighted by Crippen LogP contribution is -2.19. The van der Waals surface area contributed by atoms with Crippen molar-refractivity contribution in [2.45, 2.75) is 37.5 Å². The van der Waals surface area contributed by atoms with Crippen LogP contribution in [0.5, 0.6) is 5.75 Å². The molecule has 1 N–H and O–H groups in total. The Morgan fingerprint density at radius 2 is 1.65 bits per heavy atom. The smallest absolute Gasteiger partial charge is 0.416 e. The molecule has 0 aromatic heterocycles. The molecule has 34 heavy (non-hydrogen) atoms. The molecule has 2 atom stereocenters. The molecule has 1 aliphatic rings. The molecule has 0 amide bonds. The molecule has 3 aromatic carbocycles. The number of benzene rings is 3. The Bertz CT molecular complexity index is 1310. The number of carbonyl (C=O) groups excluding carboxylic acids is 1. The summed E-state index contributed by atoms with van der Waals surface area (Å²) in [6, 6.07) is 10.1. The van der Waals surface area contributed by atoms with Crippen LogP contribution in [0.15, 0.2) is 48.5 Å². The van der Waals surface area contributed by atoms with E-state index in [4.69, 9.17) is 10.1 Å². The molecule has 0 heterocycles. The fourth-order valence-corrected chi connectivity index (χ4v) is 4.81. The van der Waals surface area contributed by atoms with Crippen LogP contribution in [0.3, 0.4) is 0 Å². The number of halogens is 6. The third kappa shape index (κ3) is 3.93. The Labute approximate surface area is 190 Å². The SMILES string of the molecule is COc1cccc2cc(C)c(C(F)(F)F)c(C3CC(=N)C(c4cccc(C(F)(F)F)c4)C3=O)c12. The van der Waals surface area contributed by atoms with Gasteiger partial charge in [-0.1, -0.05) is 36.4 Å². The maximum atomic E-state index is 14.2. The highest BCUT2D eigenvalue weighted by Gasteiger charge is 2.47. The van der Waals surface area contributed by atoms with Gasteiger partial charge in [0.1, 0.15) is 5.75 Å². The van der Waals surface area contributed by atoms with Crippen molar-refractivity contribution in [3.63, 3.8) is 0 Å². The average molecular weight is 479 g/mol. The van der Waals surface area contributed by atoms with E-state index in [-0.39, 0.29) is 40.0 Å². The summed E-state index contributed by atoms with van der Waals surface area (Å²) in [6.07, 6.45) is -9.80. The van der Waals surface area contributed by atoms with Crippen molar-refractivity contribution in [3.05, 3.63) is 76.3 Å². The van der Waals surface area contributed by atoms with E-state index in [0.717, 1.165) is 18.2 Å². The summed E-state index contributed by atoms with van der Waals surface area (Å²) >= 11 is 0. The van der Waals surface area contributed by atoms with Gasteiger partial charge in [0, 0.05) is 11.1 Å². The lowest BCUT2D eigenvalue weighted by Gasteiger charge is -2.23. The van der Waals surface area contributed by atoms with Crippen LogP contribution >= 0.6 is 0 Å². The minimum Gasteiger partial charge on any atom is -0.496 e. The summed E-state index contributed by atoms with van der Waals surface area (Å²) in [4.78, 5) is 13.5. The number of fused-ring (bicyclic) bond motifs is 1. The van der Waals surface area contributed by atoms with E-state index in [0.29, 0.717) is 5.39 Å². The minimum atomic E-state index is -4.80. The van der Waals surface area contributed by atoms with Crippen LogP contribution < -0.4 is 4.74 Å². The van der Waals surface area contributed by atoms with Gasteiger partial charge in [0.15, 0.2) is 5.78 Å². The zero-order valence-corrected chi connectivity index (χ0v) is 18.1. The van der Waals surface area contributed by atoms with Crippen LogP contribution in [0.25, 0.3) is 10.8 Å². The van der Waals surface area contributed by atoms with Crippen LogP contribution in [-0.2, 0) is 17.1 Å². The Balaban J connectivity index is 1.94. The summed E-state index contributed by atoms with van der Waals surface area (Å²) in [7, 11) is 1.30. The topological polar surface area (TPSA) is 50.1 Å². The molecule has 9 heteroatoms. The number of ether oxygens (including phenoxy) is 1. The van der Waals surface area contributed by atoms with E-state index in [1.807, 2.05) is 0 Å².